The maximum atomic E-state index is 2.30. The Morgan fingerprint density at radius 3 is 2.90 bits per heavy atom. The molecule has 0 saturated carbocycles. The van der Waals surface area contributed by atoms with E-state index in [2.05, 4.69) is 36.0 Å². The van der Waals surface area contributed by atoms with E-state index in [4.69, 9.17) is 0 Å². The summed E-state index contributed by atoms with van der Waals surface area (Å²) in [6.07, 6.45) is 9.12. The van der Waals surface area contributed by atoms with Crippen LogP contribution in [-0.2, 0) is 7.05 Å². The van der Waals surface area contributed by atoms with Gasteiger partial charge in [0, 0.05) is 18.6 Å². The minimum absolute atomic E-state index is 1.20. The maximum absolute atomic E-state index is 2.30. The fourth-order valence-corrected chi connectivity index (χ4v) is 1.45. The Morgan fingerprint density at radius 2 is 2.10 bits per heavy atom. The monoisotopic (exact) mass is 133 g/mol. The number of hydrogen-bond acceptors (Lipinski definition) is 0. The van der Waals surface area contributed by atoms with E-state index in [0.29, 0.717) is 0 Å². The molecule has 2 rings (SSSR count). The first-order chi connectivity index (χ1) is 4.88. The molecule has 1 aromatic rings. The minimum atomic E-state index is 1.20. The lowest BCUT2D eigenvalue weighted by Crippen LogP contribution is -2.28. The smallest absolute Gasteiger partial charge is 0.0433 e. The van der Waals surface area contributed by atoms with Gasteiger partial charge in [0.1, 0.15) is 0 Å². The average molecular weight is 133 g/mol. The van der Waals surface area contributed by atoms with Gasteiger partial charge in [-0.3, -0.25) is 0 Å². The van der Waals surface area contributed by atoms with Crippen molar-refractivity contribution in [1.29, 1.82) is 0 Å². The molecule has 0 radical (unpaired) electrons. The van der Waals surface area contributed by atoms with Crippen LogP contribution >= 0.6 is 0 Å². The molecular weight excluding hydrogens is 122 g/mol. The standard InChI is InChI=1S/C9H11N/c1-10-7-6-8-4-2-3-5-9(8)10/h4-7H,2-3H2,1H3. The number of fused-ring (bicyclic) bond motifs is 1. The molecule has 1 nitrogen and oxygen atoms in total. The minimum Gasteiger partial charge on any atom is -0.351 e. The molecule has 0 aliphatic heterocycles. The molecule has 1 heterocycles. The second-order valence-electron chi connectivity index (χ2n) is 2.75. The number of aryl methyl sites for hydroxylation is 1. The van der Waals surface area contributed by atoms with Crippen LogP contribution in [0.5, 0.6) is 0 Å². The molecule has 0 N–H and O–H groups in total. The highest BCUT2D eigenvalue weighted by Crippen LogP contribution is 1.93. The summed E-state index contributed by atoms with van der Waals surface area (Å²) in [5.74, 6) is 0. The fraction of sp³-hybridized carbons (Fsp3) is 0.333. The van der Waals surface area contributed by atoms with Gasteiger partial charge in [0.05, 0.1) is 0 Å². The summed E-state index contributed by atoms with van der Waals surface area (Å²) in [4.78, 5) is 0. The lowest BCUT2D eigenvalue weighted by molar-refractivity contribution is 0.877. The Kier molecular flexibility index (Phi) is 1.16. The van der Waals surface area contributed by atoms with E-state index in [-0.39, 0.29) is 0 Å². The largest absolute Gasteiger partial charge is 0.351 e. The molecule has 0 fully saturated rings. The van der Waals surface area contributed by atoms with E-state index in [0.717, 1.165) is 0 Å². The fourth-order valence-electron chi connectivity index (χ4n) is 1.45. The van der Waals surface area contributed by atoms with Crippen LogP contribution in [0.2, 0.25) is 0 Å². The second-order valence-corrected chi connectivity index (χ2v) is 2.75. The molecule has 0 unspecified atom stereocenters. The Balaban J connectivity index is 2.89. The predicted molar refractivity (Wildman–Crippen MR) is 42.8 cm³/mol. The van der Waals surface area contributed by atoms with E-state index in [9.17, 15) is 0 Å². The third kappa shape index (κ3) is 0.703. The van der Waals surface area contributed by atoms with Crippen LogP contribution in [0.4, 0.5) is 0 Å². The van der Waals surface area contributed by atoms with E-state index in [1.165, 1.54) is 23.4 Å². The molecule has 0 aromatic carbocycles. The number of aromatic nitrogens is 1. The van der Waals surface area contributed by atoms with Gasteiger partial charge in [-0.1, -0.05) is 12.2 Å². The molecule has 0 saturated heterocycles. The Morgan fingerprint density at radius 1 is 1.30 bits per heavy atom. The van der Waals surface area contributed by atoms with Crippen molar-refractivity contribution < 1.29 is 0 Å². The van der Waals surface area contributed by atoms with Gasteiger partial charge in [0.2, 0.25) is 0 Å². The molecule has 0 bridgehead atoms. The number of rotatable bonds is 0. The van der Waals surface area contributed by atoms with Gasteiger partial charge in [-0.15, -0.1) is 0 Å². The Hall–Kier alpha value is -0.980. The van der Waals surface area contributed by atoms with Crippen LogP contribution in [-0.4, -0.2) is 4.57 Å². The molecule has 0 amide bonds. The number of nitrogens with zero attached hydrogens (tertiary/aromatic N) is 1. The molecule has 1 heteroatoms. The molecule has 0 atom stereocenters. The lowest BCUT2D eigenvalue weighted by atomic mass is 10.2. The molecule has 10 heavy (non-hydrogen) atoms. The molecular formula is C9H11N. The Bertz CT molecular complexity index is 343. The SMILES string of the molecule is Cn1ccc2c1=CCCC=2. The summed E-state index contributed by atoms with van der Waals surface area (Å²) in [7, 11) is 2.09. The molecule has 1 aromatic heterocycles. The van der Waals surface area contributed by atoms with Crippen LogP contribution in [0.3, 0.4) is 0 Å². The normalized spacial score (nSPS) is 15.3. The highest BCUT2D eigenvalue weighted by molar-refractivity contribution is 5.35. The van der Waals surface area contributed by atoms with Crippen molar-refractivity contribution in [2.75, 3.05) is 0 Å². The van der Waals surface area contributed by atoms with Crippen molar-refractivity contribution in [3.63, 3.8) is 0 Å². The van der Waals surface area contributed by atoms with Gasteiger partial charge in [-0.25, -0.2) is 0 Å². The van der Waals surface area contributed by atoms with Gasteiger partial charge >= 0.3 is 0 Å². The van der Waals surface area contributed by atoms with E-state index >= 15 is 0 Å². The lowest BCUT2D eigenvalue weighted by Gasteiger charge is -1.96. The van der Waals surface area contributed by atoms with Crippen LogP contribution in [0, 0.1) is 0 Å². The zero-order valence-electron chi connectivity index (χ0n) is 6.17. The van der Waals surface area contributed by atoms with Crippen molar-refractivity contribution in [3.8, 4) is 0 Å². The van der Waals surface area contributed by atoms with Crippen LogP contribution in [0.15, 0.2) is 12.3 Å². The van der Waals surface area contributed by atoms with E-state index in [1.54, 1.807) is 0 Å². The van der Waals surface area contributed by atoms with Crippen molar-refractivity contribution >= 4 is 12.2 Å². The summed E-state index contributed by atoms with van der Waals surface area (Å²) in [6, 6.07) is 2.17. The van der Waals surface area contributed by atoms with E-state index < -0.39 is 0 Å². The zero-order chi connectivity index (χ0) is 6.97. The molecule has 52 valence electrons. The van der Waals surface area contributed by atoms with Gasteiger partial charge < -0.3 is 4.57 Å². The Labute approximate surface area is 60.3 Å². The van der Waals surface area contributed by atoms with E-state index in [1.807, 2.05) is 0 Å². The third-order valence-electron chi connectivity index (χ3n) is 2.02. The first-order valence-electron chi connectivity index (χ1n) is 3.69. The average Bonchev–Trinajstić information content (AvgIpc) is 2.34. The van der Waals surface area contributed by atoms with Crippen LogP contribution in [0.1, 0.15) is 12.8 Å². The molecule has 0 spiro atoms. The second kappa shape index (κ2) is 2.01. The zero-order valence-corrected chi connectivity index (χ0v) is 6.17. The van der Waals surface area contributed by atoms with Crippen LogP contribution < -0.4 is 10.6 Å². The van der Waals surface area contributed by atoms with Gasteiger partial charge in [0.25, 0.3) is 0 Å². The first-order valence-corrected chi connectivity index (χ1v) is 3.69. The quantitative estimate of drug-likeness (QED) is 0.482. The highest BCUT2D eigenvalue weighted by atomic mass is 14.9. The van der Waals surface area contributed by atoms with Crippen molar-refractivity contribution in [2.24, 2.45) is 7.05 Å². The third-order valence-corrected chi connectivity index (χ3v) is 2.02. The van der Waals surface area contributed by atoms with Crippen molar-refractivity contribution in [1.82, 2.24) is 4.57 Å². The summed E-state index contributed by atoms with van der Waals surface area (Å²) in [5.41, 5.74) is 0. The number of hydrogen-bond donors (Lipinski definition) is 0. The highest BCUT2D eigenvalue weighted by Gasteiger charge is 1.94. The topological polar surface area (TPSA) is 4.93 Å². The van der Waals surface area contributed by atoms with Gasteiger partial charge in [-0.2, -0.15) is 0 Å². The van der Waals surface area contributed by atoms with Crippen molar-refractivity contribution in [3.05, 3.63) is 22.8 Å². The maximum Gasteiger partial charge on any atom is 0.0433 e. The van der Waals surface area contributed by atoms with Crippen molar-refractivity contribution in [2.45, 2.75) is 12.8 Å². The molecule has 1 aliphatic rings. The molecule has 1 aliphatic carbocycles. The van der Waals surface area contributed by atoms with Crippen LogP contribution in [0.25, 0.3) is 12.2 Å². The predicted octanol–water partition coefficient (Wildman–Crippen LogP) is 0.380. The summed E-state index contributed by atoms with van der Waals surface area (Å²) < 4.78 is 2.17. The van der Waals surface area contributed by atoms with Gasteiger partial charge in [0.15, 0.2) is 0 Å². The van der Waals surface area contributed by atoms with Gasteiger partial charge in [-0.05, 0) is 24.1 Å². The summed E-state index contributed by atoms with van der Waals surface area (Å²) in [6.45, 7) is 0. The summed E-state index contributed by atoms with van der Waals surface area (Å²) in [5, 5.41) is 2.78. The first kappa shape index (κ1) is 5.78. The summed E-state index contributed by atoms with van der Waals surface area (Å²) >= 11 is 0.